The third-order valence-electron chi connectivity index (χ3n) is 3.62. The average Bonchev–Trinajstić information content (AvgIpc) is 2.64. The van der Waals surface area contributed by atoms with Crippen LogP contribution in [-0.2, 0) is 0 Å². The van der Waals surface area contributed by atoms with E-state index in [1.807, 2.05) is 6.07 Å². The molecule has 0 atom stereocenters. The van der Waals surface area contributed by atoms with Crippen LogP contribution in [-0.4, -0.2) is 16.9 Å². The van der Waals surface area contributed by atoms with Crippen LogP contribution >= 0.6 is 15.9 Å². The van der Waals surface area contributed by atoms with Crippen molar-refractivity contribution in [3.8, 4) is 5.75 Å². The lowest BCUT2D eigenvalue weighted by atomic mass is 10.1. The lowest BCUT2D eigenvalue weighted by Crippen LogP contribution is -2.14. The highest BCUT2D eigenvalue weighted by atomic mass is 79.9. The summed E-state index contributed by atoms with van der Waals surface area (Å²) >= 11 is 3.33. The fourth-order valence-corrected chi connectivity index (χ4v) is 2.74. The number of nitrogens with one attached hydrogen (secondary N) is 2. The minimum absolute atomic E-state index is 0.0139. The predicted octanol–water partition coefficient (Wildman–Crippen LogP) is 4.66. The van der Waals surface area contributed by atoms with Gasteiger partial charge in [-0.25, -0.2) is 0 Å². The molecule has 130 valence electrons. The van der Waals surface area contributed by atoms with Crippen LogP contribution in [0.1, 0.15) is 20.7 Å². The van der Waals surface area contributed by atoms with Crippen LogP contribution in [0.2, 0.25) is 0 Å². The Hall–Kier alpha value is -3.12. The Morgan fingerprint density at radius 3 is 2.15 bits per heavy atom. The molecule has 6 heteroatoms. The molecule has 0 fully saturated rings. The third kappa shape index (κ3) is 4.29. The maximum Gasteiger partial charge on any atom is 0.255 e. The number of para-hydroxylation sites is 2. The first-order chi connectivity index (χ1) is 12.5. The van der Waals surface area contributed by atoms with E-state index in [2.05, 4.69) is 26.6 Å². The first-order valence-electron chi connectivity index (χ1n) is 7.79. The summed E-state index contributed by atoms with van der Waals surface area (Å²) in [5.74, 6) is -0.672. The number of hydrogen-bond donors (Lipinski definition) is 3. The van der Waals surface area contributed by atoms with Gasteiger partial charge in [0.25, 0.3) is 11.8 Å². The van der Waals surface area contributed by atoms with E-state index in [4.69, 9.17) is 0 Å². The summed E-state index contributed by atoms with van der Waals surface area (Å²) in [6.45, 7) is 0. The molecule has 0 aliphatic heterocycles. The lowest BCUT2D eigenvalue weighted by Gasteiger charge is -2.09. The minimum Gasteiger partial charge on any atom is -0.506 e. The van der Waals surface area contributed by atoms with Gasteiger partial charge < -0.3 is 15.7 Å². The number of carbonyl (C=O) groups excluding carboxylic acids is 2. The van der Waals surface area contributed by atoms with Crippen LogP contribution in [0, 0.1) is 0 Å². The molecule has 0 spiro atoms. The zero-order valence-electron chi connectivity index (χ0n) is 13.6. The van der Waals surface area contributed by atoms with Crippen molar-refractivity contribution in [2.75, 3.05) is 10.6 Å². The summed E-state index contributed by atoms with van der Waals surface area (Å²) < 4.78 is 0.806. The Morgan fingerprint density at radius 1 is 0.769 bits per heavy atom. The number of aromatic hydroxyl groups is 1. The summed E-state index contributed by atoms with van der Waals surface area (Å²) in [7, 11) is 0. The van der Waals surface area contributed by atoms with E-state index >= 15 is 0 Å². The maximum absolute atomic E-state index is 12.4. The standard InChI is InChI=1S/C20H15BrN2O3/c21-15-7-3-5-13(11-15)19(25)22-16-8-4-6-14(12-16)20(26)23-17-9-1-2-10-18(17)24/h1-12,24H,(H,22,25)(H,23,26). The lowest BCUT2D eigenvalue weighted by molar-refractivity contribution is 0.101. The van der Waals surface area contributed by atoms with E-state index in [1.54, 1.807) is 60.7 Å². The normalized spacial score (nSPS) is 10.2. The largest absolute Gasteiger partial charge is 0.506 e. The number of phenols is 1. The van der Waals surface area contributed by atoms with Crippen LogP contribution < -0.4 is 10.6 Å². The van der Waals surface area contributed by atoms with Crippen molar-refractivity contribution in [1.29, 1.82) is 0 Å². The van der Waals surface area contributed by atoms with Gasteiger partial charge in [0.15, 0.2) is 0 Å². The Labute approximate surface area is 158 Å². The Balaban J connectivity index is 1.74. The van der Waals surface area contributed by atoms with E-state index in [0.717, 1.165) is 4.47 Å². The van der Waals surface area contributed by atoms with E-state index in [1.165, 1.54) is 6.07 Å². The molecular weight excluding hydrogens is 396 g/mol. The van der Waals surface area contributed by atoms with Gasteiger partial charge in [0.05, 0.1) is 5.69 Å². The van der Waals surface area contributed by atoms with Crippen LogP contribution in [0.15, 0.2) is 77.3 Å². The van der Waals surface area contributed by atoms with Gasteiger partial charge in [-0.05, 0) is 48.5 Å². The quantitative estimate of drug-likeness (QED) is 0.547. The number of hydrogen-bond acceptors (Lipinski definition) is 3. The number of carbonyl (C=O) groups is 2. The Kier molecular flexibility index (Phi) is 5.34. The number of rotatable bonds is 4. The molecule has 3 aromatic carbocycles. The highest BCUT2D eigenvalue weighted by molar-refractivity contribution is 9.10. The zero-order valence-corrected chi connectivity index (χ0v) is 15.2. The van der Waals surface area contributed by atoms with Crippen molar-refractivity contribution >= 4 is 39.1 Å². The topological polar surface area (TPSA) is 78.4 Å². The van der Waals surface area contributed by atoms with Crippen molar-refractivity contribution in [1.82, 2.24) is 0 Å². The fraction of sp³-hybridized carbons (Fsp3) is 0. The summed E-state index contributed by atoms with van der Waals surface area (Å²) in [6.07, 6.45) is 0. The molecule has 0 heterocycles. The summed E-state index contributed by atoms with van der Waals surface area (Å²) in [5.41, 5.74) is 1.68. The highest BCUT2D eigenvalue weighted by Crippen LogP contribution is 2.23. The highest BCUT2D eigenvalue weighted by Gasteiger charge is 2.11. The number of benzene rings is 3. The molecule has 5 nitrogen and oxygen atoms in total. The molecule has 0 aliphatic carbocycles. The second-order valence-corrected chi connectivity index (χ2v) is 6.43. The molecule has 3 rings (SSSR count). The number of halogens is 1. The van der Waals surface area contributed by atoms with Crippen LogP contribution in [0.3, 0.4) is 0 Å². The van der Waals surface area contributed by atoms with Gasteiger partial charge in [-0.1, -0.05) is 40.2 Å². The van der Waals surface area contributed by atoms with Gasteiger partial charge in [-0.3, -0.25) is 9.59 Å². The van der Waals surface area contributed by atoms with Crippen LogP contribution in [0.4, 0.5) is 11.4 Å². The molecule has 3 N–H and O–H groups in total. The van der Waals surface area contributed by atoms with E-state index in [0.29, 0.717) is 22.5 Å². The van der Waals surface area contributed by atoms with Gasteiger partial charge in [-0.2, -0.15) is 0 Å². The molecular formula is C20H15BrN2O3. The summed E-state index contributed by atoms with van der Waals surface area (Å²) in [6, 6.07) is 20.1. The monoisotopic (exact) mass is 410 g/mol. The van der Waals surface area contributed by atoms with Crippen LogP contribution in [0.5, 0.6) is 5.75 Å². The Morgan fingerprint density at radius 2 is 1.42 bits per heavy atom. The number of anilines is 2. The Bertz CT molecular complexity index is 973. The van der Waals surface area contributed by atoms with Crippen molar-refractivity contribution in [2.24, 2.45) is 0 Å². The molecule has 0 saturated carbocycles. The van der Waals surface area contributed by atoms with Gasteiger partial charge in [-0.15, -0.1) is 0 Å². The van der Waals surface area contributed by atoms with Crippen molar-refractivity contribution in [2.45, 2.75) is 0 Å². The summed E-state index contributed by atoms with van der Waals surface area (Å²) in [4.78, 5) is 24.7. The average molecular weight is 411 g/mol. The van der Waals surface area contributed by atoms with E-state index < -0.39 is 0 Å². The fourth-order valence-electron chi connectivity index (χ4n) is 2.34. The molecule has 26 heavy (non-hydrogen) atoms. The predicted molar refractivity (Wildman–Crippen MR) is 105 cm³/mol. The van der Waals surface area contributed by atoms with Crippen molar-refractivity contribution in [3.05, 3.63) is 88.4 Å². The van der Waals surface area contributed by atoms with E-state index in [9.17, 15) is 14.7 Å². The molecule has 0 unspecified atom stereocenters. The molecule has 0 saturated heterocycles. The van der Waals surface area contributed by atoms with E-state index in [-0.39, 0.29) is 17.6 Å². The maximum atomic E-state index is 12.4. The van der Waals surface area contributed by atoms with Crippen molar-refractivity contribution < 1.29 is 14.7 Å². The minimum atomic E-state index is -0.384. The molecule has 0 bridgehead atoms. The molecule has 2 amide bonds. The number of amides is 2. The van der Waals surface area contributed by atoms with Crippen molar-refractivity contribution in [3.63, 3.8) is 0 Å². The third-order valence-corrected chi connectivity index (χ3v) is 4.11. The van der Waals surface area contributed by atoms with Gasteiger partial charge in [0.2, 0.25) is 0 Å². The molecule has 3 aromatic rings. The number of phenolic OH excluding ortho intramolecular Hbond substituents is 1. The second kappa shape index (κ2) is 7.84. The van der Waals surface area contributed by atoms with Gasteiger partial charge in [0, 0.05) is 21.3 Å². The smallest absolute Gasteiger partial charge is 0.255 e. The molecule has 0 aromatic heterocycles. The first kappa shape index (κ1) is 17.7. The SMILES string of the molecule is O=C(Nc1cccc(C(=O)Nc2ccccc2O)c1)c1cccc(Br)c1. The van der Waals surface area contributed by atoms with Gasteiger partial charge in [0.1, 0.15) is 5.75 Å². The van der Waals surface area contributed by atoms with Crippen LogP contribution in [0.25, 0.3) is 0 Å². The second-order valence-electron chi connectivity index (χ2n) is 5.52. The zero-order chi connectivity index (χ0) is 18.5. The molecule has 0 aliphatic rings. The summed E-state index contributed by atoms with van der Waals surface area (Å²) in [5, 5.41) is 15.2. The first-order valence-corrected chi connectivity index (χ1v) is 8.58. The molecule has 0 radical (unpaired) electrons. The van der Waals surface area contributed by atoms with Gasteiger partial charge >= 0.3 is 0 Å².